The molecule has 2 fully saturated rings. The quantitative estimate of drug-likeness (QED) is 0.0359. The number of piperidine rings is 1. The average Bonchev–Trinajstić information content (AvgIpc) is 3.94. The van der Waals surface area contributed by atoms with Crippen LogP contribution in [0.15, 0.2) is 60.8 Å². The Kier molecular flexibility index (Phi) is 22.6. The smallest absolute Gasteiger partial charge is 0.315 e. The second-order valence-corrected chi connectivity index (χ2v) is 19.2. The van der Waals surface area contributed by atoms with Gasteiger partial charge in [-0.2, -0.15) is 0 Å². The lowest BCUT2D eigenvalue weighted by atomic mass is 9.96. The van der Waals surface area contributed by atoms with Crippen LogP contribution in [0.3, 0.4) is 0 Å². The van der Waals surface area contributed by atoms with E-state index in [1.807, 2.05) is 61.5 Å². The molecule has 22 heteroatoms. The number of fused-ring (bicyclic) bond motifs is 1. The number of alkyl halides is 1. The van der Waals surface area contributed by atoms with Crippen molar-refractivity contribution < 1.29 is 43.2 Å². The number of aromatic nitrogens is 1. The molecule has 5 rings (SSSR count). The summed E-state index contributed by atoms with van der Waals surface area (Å²) in [6.45, 7) is 2.59. The summed E-state index contributed by atoms with van der Waals surface area (Å²) in [7, 11) is 1.51. The van der Waals surface area contributed by atoms with Crippen LogP contribution >= 0.6 is 11.6 Å². The number of para-hydroxylation sites is 1. The van der Waals surface area contributed by atoms with Crippen LogP contribution in [-0.2, 0) is 46.4 Å². The van der Waals surface area contributed by atoms with Gasteiger partial charge in [0.1, 0.15) is 36.1 Å². The minimum atomic E-state index is -1.28. The molecule has 2 aromatic carbocycles. The van der Waals surface area contributed by atoms with Gasteiger partial charge in [-0.05, 0) is 88.3 Å². The van der Waals surface area contributed by atoms with Crippen molar-refractivity contribution in [2.45, 2.75) is 146 Å². The molecule has 0 unspecified atom stereocenters. The van der Waals surface area contributed by atoms with Crippen molar-refractivity contribution in [3.05, 3.63) is 71.9 Å². The zero-order valence-electron chi connectivity index (χ0n) is 41.9. The lowest BCUT2D eigenvalue weighted by Gasteiger charge is -2.39. The predicted molar refractivity (Wildman–Crippen MR) is 275 cm³/mol. The molecule has 2 saturated heterocycles. The van der Waals surface area contributed by atoms with E-state index in [1.54, 1.807) is 6.20 Å². The fraction of sp³-hybridized carbons (Fsp3) is 0.549. The molecular weight excluding hydrogens is 960 g/mol. The molecule has 12 N–H and O–H groups in total. The first kappa shape index (κ1) is 57.0. The van der Waals surface area contributed by atoms with Gasteiger partial charge in [-0.15, -0.1) is 11.6 Å². The first-order chi connectivity index (χ1) is 35.1. The predicted octanol–water partition coefficient (Wildman–Crippen LogP) is 2.10. The summed E-state index contributed by atoms with van der Waals surface area (Å²) < 4.78 is 0. The Hall–Kier alpha value is -6.90. The van der Waals surface area contributed by atoms with E-state index in [0.717, 1.165) is 35.7 Å². The third-order valence-corrected chi connectivity index (χ3v) is 13.8. The lowest BCUT2D eigenvalue weighted by Crippen LogP contribution is -2.61. The molecule has 1 aromatic heterocycles. The van der Waals surface area contributed by atoms with Crippen LogP contribution in [0.1, 0.15) is 102 Å². The summed E-state index contributed by atoms with van der Waals surface area (Å²) >= 11 is 5.95. The number of nitrogens with two attached hydrogens (primary N) is 2. The van der Waals surface area contributed by atoms with Crippen molar-refractivity contribution in [3.63, 3.8) is 0 Å². The summed E-state index contributed by atoms with van der Waals surface area (Å²) in [4.78, 5) is 125. The highest BCUT2D eigenvalue weighted by atomic mass is 35.5. The van der Waals surface area contributed by atoms with E-state index in [9.17, 15) is 43.2 Å². The fourth-order valence-corrected chi connectivity index (χ4v) is 9.54. The number of primary amides is 2. The van der Waals surface area contributed by atoms with E-state index in [0.29, 0.717) is 50.6 Å². The Morgan fingerprint density at radius 3 is 2.19 bits per heavy atom. The number of nitrogens with one attached hydrogen (secondary N) is 8. The molecule has 21 nitrogen and oxygen atoms in total. The minimum Gasteiger partial charge on any atom is -0.368 e. The normalized spacial score (nSPS) is 18.0. The van der Waals surface area contributed by atoms with Gasteiger partial charge in [-0.25, -0.2) is 9.59 Å². The van der Waals surface area contributed by atoms with Gasteiger partial charge >= 0.3 is 12.1 Å². The van der Waals surface area contributed by atoms with Gasteiger partial charge in [0, 0.05) is 69.1 Å². The maximum atomic E-state index is 14.6. The molecule has 0 spiro atoms. The molecule has 7 atom stereocenters. The summed E-state index contributed by atoms with van der Waals surface area (Å²) in [6, 6.07) is 10.1. The van der Waals surface area contributed by atoms with Gasteiger partial charge in [0.2, 0.25) is 41.4 Å². The van der Waals surface area contributed by atoms with Gasteiger partial charge in [-0.1, -0.05) is 61.4 Å². The molecule has 73 heavy (non-hydrogen) atoms. The number of carbonyl (C=O) groups excluding carboxylic acids is 9. The van der Waals surface area contributed by atoms with E-state index < -0.39 is 71.7 Å². The van der Waals surface area contributed by atoms with E-state index in [1.165, 1.54) is 16.8 Å². The van der Waals surface area contributed by atoms with E-state index in [4.69, 9.17) is 23.1 Å². The number of rotatable bonds is 29. The number of likely N-dealkylation sites (N-methyl/N-ethyl adjacent to an activating group) is 1. The number of carbonyl (C=O) groups is 9. The van der Waals surface area contributed by atoms with Crippen LogP contribution in [0.2, 0.25) is 0 Å². The van der Waals surface area contributed by atoms with Crippen molar-refractivity contribution in [1.29, 1.82) is 0 Å². The highest BCUT2D eigenvalue weighted by molar-refractivity contribution is 6.27. The summed E-state index contributed by atoms with van der Waals surface area (Å²) in [5.41, 5.74) is 13.3. The molecule has 2 aliphatic rings. The molecule has 2 aliphatic heterocycles. The number of hydrogen-bond acceptors (Lipinski definition) is 9. The van der Waals surface area contributed by atoms with E-state index >= 15 is 0 Å². The molecule has 398 valence electrons. The zero-order valence-corrected chi connectivity index (χ0v) is 42.6. The molecule has 11 amide bonds. The summed E-state index contributed by atoms with van der Waals surface area (Å²) in [5.74, 6) is -4.22. The Morgan fingerprint density at radius 1 is 0.781 bits per heavy atom. The van der Waals surface area contributed by atoms with Crippen molar-refractivity contribution in [3.8, 4) is 0 Å². The number of likely N-dealkylation sites (tertiary alicyclic amines) is 1. The monoisotopic (exact) mass is 1030 g/mol. The van der Waals surface area contributed by atoms with E-state index in [2.05, 4.69) is 42.2 Å². The molecular formula is C51H73ClN12O9. The zero-order chi connectivity index (χ0) is 52.9. The van der Waals surface area contributed by atoms with Gasteiger partial charge in [-0.3, -0.25) is 33.6 Å². The van der Waals surface area contributed by atoms with Crippen molar-refractivity contribution >= 4 is 75.9 Å². The van der Waals surface area contributed by atoms with Gasteiger partial charge in [0.15, 0.2) is 0 Å². The van der Waals surface area contributed by atoms with Crippen LogP contribution in [0.5, 0.6) is 0 Å². The number of aromatic amines is 1. The molecule has 0 bridgehead atoms. The largest absolute Gasteiger partial charge is 0.368 e. The summed E-state index contributed by atoms with van der Waals surface area (Å²) in [5, 5.41) is 20.2. The molecule has 0 saturated carbocycles. The lowest BCUT2D eigenvalue weighted by molar-refractivity contribution is -0.150. The Labute approximate surface area is 431 Å². The van der Waals surface area contributed by atoms with Gasteiger partial charge < -0.3 is 63.5 Å². The first-order valence-corrected chi connectivity index (χ1v) is 25.9. The van der Waals surface area contributed by atoms with Crippen LogP contribution in [-0.4, -0.2) is 143 Å². The van der Waals surface area contributed by atoms with Gasteiger partial charge in [0.25, 0.3) is 0 Å². The number of H-pyrrole nitrogens is 1. The molecule has 0 radical (unpaired) electrons. The van der Waals surface area contributed by atoms with Crippen LogP contribution < -0.4 is 48.7 Å². The minimum absolute atomic E-state index is 0.0150. The summed E-state index contributed by atoms with van der Waals surface area (Å²) in [6.07, 6.45) is 8.18. The topological polar surface area (TPSA) is 312 Å². The fourth-order valence-electron chi connectivity index (χ4n) is 9.35. The Balaban J connectivity index is 1.25. The molecule has 3 aromatic rings. The highest BCUT2D eigenvalue weighted by Crippen LogP contribution is 2.24. The number of amides is 11. The van der Waals surface area contributed by atoms with Crippen molar-refractivity contribution in [1.82, 2.24) is 52.0 Å². The van der Waals surface area contributed by atoms with E-state index in [-0.39, 0.29) is 81.5 Å². The maximum absolute atomic E-state index is 14.6. The number of benzene rings is 2. The number of nitrogens with zero attached hydrogens (tertiary/aromatic N) is 2. The number of urea groups is 2. The van der Waals surface area contributed by atoms with Crippen LogP contribution in [0.25, 0.3) is 10.9 Å². The Morgan fingerprint density at radius 2 is 1.48 bits per heavy atom. The highest BCUT2D eigenvalue weighted by Gasteiger charge is 2.40. The van der Waals surface area contributed by atoms with Crippen LogP contribution in [0, 0.1) is 0 Å². The standard InChI is InChI=1S/C51H73ClN12O9/c1-32-36(62-51(73)58-32)19-7-4-8-24-43(65)55-25-13-11-21-38(45(53)67)59-46(68)39(22-15-26-56-50(54)72)60-47(69)40(29-34-31-57-37-20-10-9-18-35(34)37)61-48(70)41-23-12-14-27-64(41)49(71)42(63(2)44(66)30-52)28-33-16-5-3-6-17-33/h3,5-6,9-10,16-18,20,31-32,36,38-42,57H,4,7-8,11-15,19,21-30H2,1-2H3,(H2,53,67)(H,55,65)(H,59,68)(H,60,69)(H,61,70)(H3,54,56,72)(H2,58,62,73)/t32-,36+,38+,39+,40+,41+,42+/m1/s1. The number of hydrogen-bond donors (Lipinski definition) is 10. The third-order valence-electron chi connectivity index (χ3n) is 13.6. The third kappa shape index (κ3) is 17.7. The first-order valence-electron chi connectivity index (χ1n) is 25.3. The maximum Gasteiger partial charge on any atom is 0.315 e. The second-order valence-electron chi connectivity index (χ2n) is 18.9. The molecule has 0 aliphatic carbocycles. The van der Waals surface area contributed by atoms with Gasteiger partial charge in [0.05, 0.1) is 6.04 Å². The number of unbranched alkanes of at least 4 members (excludes halogenated alkanes) is 3. The number of halogens is 1. The SMILES string of the molecule is C[C@H]1NC(=O)N[C@H]1CCCCCC(=O)NCCCC[C@H](NC(=O)[C@H](CCCNC(N)=O)NC(=O)[C@H](Cc1c[nH]c2ccccc12)NC(=O)[C@@H]1CCCCN1C(=O)[C@H](Cc1ccccc1)N(C)C(=O)CCl)C(N)=O. The molecule has 3 heterocycles. The Bertz CT molecular complexity index is 2370. The van der Waals surface area contributed by atoms with Crippen LogP contribution in [0.4, 0.5) is 9.59 Å². The van der Waals surface area contributed by atoms with Crippen molar-refractivity contribution in [2.24, 2.45) is 11.5 Å². The van der Waals surface area contributed by atoms with Crippen molar-refractivity contribution in [2.75, 3.05) is 32.6 Å². The second kappa shape index (κ2) is 29.0. The average molecular weight is 1030 g/mol.